The van der Waals surface area contributed by atoms with Gasteiger partial charge in [0.25, 0.3) is 5.91 Å². The standard InChI is InChI=1S/C18H14FN7O3S/c1-10-23-24-25-26(10)14-7-11(4-5-13(14)19)20-16(27)8-12-9-30-18(21-12)22-17(28)15-3-2-6-29-15/h2-7,9H,8H2,1H3,(H,20,27)(H,21,22,28). The number of nitrogens with zero attached hydrogens (tertiary/aromatic N) is 5. The largest absolute Gasteiger partial charge is 0.459 e. The Morgan fingerprint density at radius 2 is 2.13 bits per heavy atom. The molecule has 1 aromatic carbocycles. The lowest BCUT2D eigenvalue weighted by Gasteiger charge is -2.08. The summed E-state index contributed by atoms with van der Waals surface area (Å²) in [6, 6.07) is 7.23. The second kappa shape index (κ2) is 8.21. The Morgan fingerprint density at radius 1 is 1.27 bits per heavy atom. The van der Waals surface area contributed by atoms with Gasteiger partial charge < -0.3 is 9.73 Å². The predicted molar refractivity (Wildman–Crippen MR) is 105 cm³/mol. The molecular weight excluding hydrogens is 413 g/mol. The fraction of sp³-hybridized carbons (Fsp3) is 0.111. The highest BCUT2D eigenvalue weighted by Crippen LogP contribution is 2.20. The van der Waals surface area contributed by atoms with Gasteiger partial charge in [-0.3, -0.25) is 14.9 Å². The average molecular weight is 427 g/mol. The third kappa shape index (κ3) is 4.22. The van der Waals surface area contributed by atoms with Crippen LogP contribution in [0, 0.1) is 12.7 Å². The molecule has 2 N–H and O–H groups in total. The number of furan rings is 1. The van der Waals surface area contributed by atoms with E-state index in [1.54, 1.807) is 18.4 Å². The van der Waals surface area contributed by atoms with Crippen LogP contribution in [0.15, 0.2) is 46.4 Å². The number of tetrazole rings is 1. The molecule has 4 aromatic rings. The molecule has 3 aromatic heterocycles. The monoisotopic (exact) mass is 427 g/mol. The number of halogens is 1. The maximum atomic E-state index is 14.1. The molecule has 0 saturated carbocycles. The van der Waals surface area contributed by atoms with Crippen LogP contribution in [0.1, 0.15) is 22.1 Å². The molecule has 0 spiro atoms. The van der Waals surface area contributed by atoms with E-state index < -0.39 is 11.7 Å². The smallest absolute Gasteiger partial charge is 0.293 e. The lowest BCUT2D eigenvalue weighted by Crippen LogP contribution is -2.15. The van der Waals surface area contributed by atoms with Gasteiger partial charge >= 0.3 is 0 Å². The second-order valence-corrected chi connectivity index (χ2v) is 6.96. The normalized spacial score (nSPS) is 10.7. The zero-order valence-corrected chi connectivity index (χ0v) is 16.3. The van der Waals surface area contributed by atoms with E-state index in [4.69, 9.17) is 4.42 Å². The first kappa shape index (κ1) is 19.4. The lowest BCUT2D eigenvalue weighted by molar-refractivity contribution is -0.115. The highest BCUT2D eigenvalue weighted by Gasteiger charge is 2.15. The Hall–Kier alpha value is -3.93. The van der Waals surface area contributed by atoms with Crippen molar-refractivity contribution in [3.63, 3.8) is 0 Å². The van der Waals surface area contributed by atoms with Crippen LogP contribution in [-0.4, -0.2) is 37.0 Å². The van der Waals surface area contributed by atoms with E-state index >= 15 is 0 Å². The van der Waals surface area contributed by atoms with Crippen molar-refractivity contribution in [2.45, 2.75) is 13.3 Å². The number of rotatable bonds is 6. The highest BCUT2D eigenvalue weighted by atomic mass is 32.1. The molecule has 4 rings (SSSR count). The number of aromatic nitrogens is 5. The fourth-order valence-corrected chi connectivity index (χ4v) is 3.29. The molecule has 0 bridgehead atoms. The Bertz CT molecular complexity index is 1200. The first-order valence-corrected chi connectivity index (χ1v) is 9.51. The number of hydrogen-bond acceptors (Lipinski definition) is 8. The van der Waals surface area contributed by atoms with E-state index in [0.29, 0.717) is 22.3 Å². The van der Waals surface area contributed by atoms with Crippen LogP contribution < -0.4 is 10.6 Å². The molecule has 2 amide bonds. The SMILES string of the molecule is Cc1nnnn1-c1cc(NC(=O)Cc2csc(NC(=O)c3ccco3)n2)ccc1F. The molecule has 10 nitrogen and oxygen atoms in total. The Balaban J connectivity index is 1.40. The number of nitrogens with one attached hydrogen (secondary N) is 2. The molecule has 3 heterocycles. The number of amides is 2. The van der Waals surface area contributed by atoms with Crippen LogP contribution in [0.25, 0.3) is 5.69 Å². The summed E-state index contributed by atoms with van der Waals surface area (Å²) in [6.07, 6.45) is 1.37. The van der Waals surface area contributed by atoms with Gasteiger partial charge in [0.1, 0.15) is 11.5 Å². The molecule has 0 aliphatic heterocycles. The minimum absolute atomic E-state index is 0.0241. The molecule has 0 aliphatic rings. The van der Waals surface area contributed by atoms with E-state index in [1.807, 2.05) is 0 Å². The highest BCUT2D eigenvalue weighted by molar-refractivity contribution is 7.14. The molecule has 0 unspecified atom stereocenters. The summed E-state index contributed by atoms with van der Waals surface area (Å²) in [4.78, 5) is 28.5. The Kier molecular flexibility index (Phi) is 5.30. The molecule has 0 atom stereocenters. The fourth-order valence-electron chi connectivity index (χ4n) is 2.59. The number of thiazole rings is 1. The average Bonchev–Trinajstić information content (AvgIpc) is 3.46. The van der Waals surface area contributed by atoms with Crippen LogP contribution in [0.2, 0.25) is 0 Å². The van der Waals surface area contributed by atoms with Crippen molar-refractivity contribution in [2.24, 2.45) is 0 Å². The quantitative estimate of drug-likeness (QED) is 0.484. The van der Waals surface area contributed by atoms with Gasteiger partial charge in [0, 0.05) is 11.1 Å². The summed E-state index contributed by atoms with van der Waals surface area (Å²) in [6.45, 7) is 1.63. The molecular formula is C18H14FN7O3S. The van der Waals surface area contributed by atoms with Gasteiger partial charge in [-0.05, 0) is 47.7 Å². The summed E-state index contributed by atoms with van der Waals surface area (Å²) in [5, 5.41) is 18.2. The van der Waals surface area contributed by atoms with E-state index in [2.05, 4.69) is 31.1 Å². The van der Waals surface area contributed by atoms with Crippen LogP contribution in [-0.2, 0) is 11.2 Å². The number of hydrogen-bond donors (Lipinski definition) is 2. The van der Waals surface area contributed by atoms with Crippen LogP contribution >= 0.6 is 11.3 Å². The molecule has 0 saturated heterocycles. The number of carbonyl (C=O) groups excluding carboxylic acids is 2. The summed E-state index contributed by atoms with van der Waals surface area (Å²) in [5.41, 5.74) is 0.977. The Morgan fingerprint density at radius 3 is 2.87 bits per heavy atom. The summed E-state index contributed by atoms with van der Waals surface area (Å²) in [7, 11) is 0. The molecule has 0 fully saturated rings. The van der Waals surface area contributed by atoms with Gasteiger partial charge in [-0.2, -0.15) is 4.68 Å². The van der Waals surface area contributed by atoms with Crippen molar-refractivity contribution in [1.29, 1.82) is 0 Å². The van der Waals surface area contributed by atoms with E-state index in [-0.39, 0.29) is 23.8 Å². The zero-order valence-electron chi connectivity index (χ0n) is 15.5. The topological polar surface area (TPSA) is 128 Å². The molecule has 152 valence electrons. The second-order valence-electron chi connectivity index (χ2n) is 6.10. The third-order valence-electron chi connectivity index (χ3n) is 3.94. The summed E-state index contributed by atoms with van der Waals surface area (Å²) >= 11 is 1.19. The van der Waals surface area contributed by atoms with E-state index in [9.17, 15) is 14.0 Å². The minimum atomic E-state index is -0.528. The van der Waals surface area contributed by atoms with Gasteiger partial charge in [-0.1, -0.05) is 0 Å². The number of anilines is 2. The lowest BCUT2D eigenvalue weighted by atomic mass is 10.2. The van der Waals surface area contributed by atoms with Crippen molar-refractivity contribution in [3.8, 4) is 5.69 Å². The summed E-state index contributed by atoms with van der Waals surface area (Å²) < 4.78 is 20.4. The van der Waals surface area contributed by atoms with Crippen molar-refractivity contribution < 1.29 is 18.4 Å². The van der Waals surface area contributed by atoms with Gasteiger partial charge in [-0.15, -0.1) is 16.4 Å². The molecule has 0 aliphatic carbocycles. The van der Waals surface area contributed by atoms with E-state index in [0.717, 1.165) is 0 Å². The van der Waals surface area contributed by atoms with Gasteiger partial charge in [0.15, 0.2) is 16.7 Å². The predicted octanol–water partition coefficient (Wildman–Crippen LogP) is 2.59. The third-order valence-corrected chi connectivity index (χ3v) is 4.75. The van der Waals surface area contributed by atoms with Crippen molar-refractivity contribution >= 4 is 34.0 Å². The van der Waals surface area contributed by atoms with Crippen molar-refractivity contribution in [2.75, 3.05) is 10.6 Å². The maximum absolute atomic E-state index is 14.1. The van der Waals surface area contributed by atoms with Gasteiger partial charge in [0.05, 0.1) is 18.4 Å². The van der Waals surface area contributed by atoms with Crippen molar-refractivity contribution in [3.05, 3.63) is 65.1 Å². The van der Waals surface area contributed by atoms with Crippen LogP contribution in [0.4, 0.5) is 15.2 Å². The molecule has 12 heteroatoms. The first-order valence-electron chi connectivity index (χ1n) is 8.63. The zero-order chi connectivity index (χ0) is 21.1. The van der Waals surface area contributed by atoms with Gasteiger partial charge in [0.2, 0.25) is 5.91 Å². The van der Waals surface area contributed by atoms with Gasteiger partial charge in [-0.25, -0.2) is 9.37 Å². The van der Waals surface area contributed by atoms with Crippen LogP contribution in [0.5, 0.6) is 0 Å². The van der Waals surface area contributed by atoms with Crippen LogP contribution in [0.3, 0.4) is 0 Å². The number of aryl methyl sites for hydroxylation is 1. The summed E-state index contributed by atoms with van der Waals surface area (Å²) in [5.74, 6) is -0.740. The van der Waals surface area contributed by atoms with E-state index in [1.165, 1.54) is 46.5 Å². The first-order chi connectivity index (χ1) is 14.5. The number of carbonyl (C=O) groups is 2. The molecule has 30 heavy (non-hydrogen) atoms. The maximum Gasteiger partial charge on any atom is 0.293 e. The van der Waals surface area contributed by atoms with Crippen molar-refractivity contribution in [1.82, 2.24) is 25.2 Å². The molecule has 0 radical (unpaired) electrons. The number of benzene rings is 1. The Labute approximate surface area is 172 Å². The minimum Gasteiger partial charge on any atom is -0.459 e.